The summed E-state index contributed by atoms with van der Waals surface area (Å²) in [7, 11) is 0. The van der Waals surface area contributed by atoms with E-state index in [-0.39, 0.29) is 17.6 Å². The number of Topliss-reactive ketones (excluding diaryl/α,β-unsaturated/α-hetero) is 1. The van der Waals surface area contributed by atoms with Gasteiger partial charge in [-0.3, -0.25) is 9.59 Å². The van der Waals surface area contributed by atoms with Gasteiger partial charge in [0.05, 0.1) is 0 Å². The molecule has 0 radical (unpaired) electrons. The van der Waals surface area contributed by atoms with Gasteiger partial charge < -0.3 is 10.1 Å². The molecule has 0 bridgehead atoms. The minimum absolute atomic E-state index is 0.194. The Morgan fingerprint density at radius 2 is 1.58 bits per heavy atom. The van der Waals surface area contributed by atoms with Gasteiger partial charge in [0.2, 0.25) is 0 Å². The summed E-state index contributed by atoms with van der Waals surface area (Å²) < 4.78 is 5.11. The molecule has 0 aliphatic heterocycles. The Kier molecular flexibility index (Phi) is 6.92. The number of hydrogen-bond acceptors (Lipinski definition) is 4. The van der Waals surface area contributed by atoms with E-state index in [4.69, 9.17) is 16.3 Å². The Hall–Kier alpha value is -2.66. The molecular weight excluding hydrogens is 354 g/mol. The summed E-state index contributed by atoms with van der Waals surface area (Å²) in [5, 5.41) is 3.18. The summed E-state index contributed by atoms with van der Waals surface area (Å²) >= 11 is 5.78. The van der Waals surface area contributed by atoms with Crippen LogP contribution in [0.25, 0.3) is 0 Å². The van der Waals surface area contributed by atoms with E-state index in [1.54, 1.807) is 68.4 Å². The lowest BCUT2D eigenvalue weighted by Crippen LogP contribution is -2.45. The zero-order valence-electron chi connectivity index (χ0n) is 14.6. The summed E-state index contributed by atoms with van der Waals surface area (Å²) in [6.07, 6.45) is 0. The Morgan fingerprint density at radius 3 is 2.15 bits per heavy atom. The minimum Gasteiger partial charge on any atom is -0.456 e. The first-order valence-corrected chi connectivity index (χ1v) is 8.57. The molecule has 0 aliphatic carbocycles. The Balaban J connectivity index is 1.96. The molecule has 2 aromatic carbocycles. The topological polar surface area (TPSA) is 72.5 Å². The highest BCUT2D eigenvalue weighted by Gasteiger charge is 2.26. The van der Waals surface area contributed by atoms with Crippen LogP contribution in [0.2, 0.25) is 5.02 Å². The molecule has 1 N–H and O–H groups in total. The fourth-order valence-electron chi connectivity index (χ4n) is 2.26. The second kappa shape index (κ2) is 9.15. The molecule has 0 saturated heterocycles. The van der Waals surface area contributed by atoms with Crippen molar-refractivity contribution in [3.8, 4) is 0 Å². The molecule has 0 heterocycles. The van der Waals surface area contributed by atoms with E-state index < -0.39 is 18.6 Å². The van der Waals surface area contributed by atoms with Crippen molar-refractivity contribution in [3.05, 3.63) is 70.7 Å². The smallest absolute Gasteiger partial charge is 0.329 e. The zero-order valence-corrected chi connectivity index (χ0v) is 15.3. The van der Waals surface area contributed by atoms with Gasteiger partial charge in [-0.1, -0.05) is 43.6 Å². The number of esters is 1. The Labute approximate surface area is 157 Å². The largest absolute Gasteiger partial charge is 0.456 e. The predicted octanol–water partition coefficient (Wildman–Crippen LogP) is 3.52. The van der Waals surface area contributed by atoms with Crippen molar-refractivity contribution in [3.63, 3.8) is 0 Å². The third-order valence-corrected chi connectivity index (χ3v) is 4.01. The number of carbonyl (C=O) groups excluding carboxylic acids is 3. The van der Waals surface area contributed by atoms with Crippen molar-refractivity contribution in [1.82, 2.24) is 5.32 Å². The standard InChI is InChI=1S/C20H20ClNO4/c1-13(2)18(22-19(24)15-6-4-3-5-7-15)20(25)26-12-17(23)14-8-10-16(21)11-9-14/h3-11,13,18H,12H2,1-2H3,(H,22,24). The lowest BCUT2D eigenvalue weighted by molar-refractivity contribution is -0.145. The van der Waals surface area contributed by atoms with E-state index in [9.17, 15) is 14.4 Å². The number of hydrogen-bond donors (Lipinski definition) is 1. The van der Waals surface area contributed by atoms with E-state index in [0.717, 1.165) is 0 Å². The number of benzene rings is 2. The quantitative estimate of drug-likeness (QED) is 0.595. The van der Waals surface area contributed by atoms with Crippen molar-refractivity contribution in [1.29, 1.82) is 0 Å². The maximum Gasteiger partial charge on any atom is 0.329 e. The molecule has 6 heteroatoms. The van der Waals surface area contributed by atoms with E-state index in [1.165, 1.54) is 0 Å². The van der Waals surface area contributed by atoms with Gasteiger partial charge in [0.15, 0.2) is 12.4 Å². The Bertz CT molecular complexity index is 772. The van der Waals surface area contributed by atoms with Crippen molar-refractivity contribution in [2.24, 2.45) is 5.92 Å². The van der Waals surface area contributed by atoms with Crippen molar-refractivity contribution >= 4 is 29.3 Å². The van der Waals surface area contributed by atoms with Crippen LogP contribution in [-0.4, -0.2) is 30.3 Å². The molecule has 26 heavy (non-hydrogen) atoms. The maximum atomic E-state index is 12.3. The highest BCUT2D eigenvalue weighted by molar-refractivity contribution is 6.30. The second-order valence-electron chi connectivity index (χ2n) is 6.10. The highest BCUT2D eigenvalue weighted by Crippen LogP contribution is 2.11. The average Bonchev–Trinajstić information content (AvgIpc) is 2.64. The first-order chi connectivity index (χ1) is 12.4. The van der Waals surface area contributed by atoms with E-state index in [2.05, 4.69) is 5.32 Å². The lowest BCUT2D eigenvalue weighted by atomic mass is 10.0. The van der Waals surface area contributed by atoms with Crippen molar-refractivity contribution in [2.45, 2.75) is 19.9 Å². The van der Waals surface area contributed by atoms with Crippen LogP contribution in [0.4, 0.5) is 0 Å². The van der Waals surface area contributed by atoms with Gasteiger partial charge in [0.1, 0.15) is 6.04 Å². The second-order valence-corrected chi connectivity index (χ2v) is 6.54. The molecule has 1 unspecified atom stereocenters. The van der Waals surface area contributed by atoms with Crippen LogP contribution in [0.15, 0.2) is 54.6 Å². The number of ketones is 1. The monoisotopic (exact) mass is 373 g/mol. The summed E-state index contributed by atoms with van der Waals surface area (Å²) in [6, 6.07) is 14.1. The normalized spacial score (nSPS) is 11.7. The van der Waals surface area contributed by atoms with Gasteiger partial charge in [-0.2, -0.15) is 0 Å². The van der Waals surface area contributed by atoms with Gasteiger partial charge >= 0.3 is 5.97 Å². The van der Waals surface area contributed by atoms with Crippen LogP contribution in [0.5, 0.6) is 0 Å². The minimum atomic E-state index is -0.847. The van der Waals surface area contributed by atoms with Gasteiger partial charge in [-0.25, -0.2) is 4.79 Å². The van der Waals surface area contributed by atoms with Gasteiger partial charge in [0.25, 0.3) is 5.91 Å². The van der Waals surface area contributed by atoms with Crippen molar-refractivity contribution < 1.29 is 19.1 Å². The molecule has 5 nitrogen and oxygen atoms in total. The molecule has 0 saturated carbocycles. The Morgan fingerprint density at radius 1 is 0.962 bits per heavy atom. The molecular formula is C20H20ClNO4. The van der Waals surface area contributed by atoms with Crippen LogP contribution in [0.3, 0.4) is 0 Å². The number of rotatable bonds is 7. The number of ether oxygens (including phenoxy) is 1. The predicted molar refractivity (Wildman–Crippen MR) is 99.3 cm³/mol. The summed E-state index contributed by atoms with van der Waals surface area (Å²) in [5.41, 5.74) is 0.847. The van der Waals surface area contributed by atoms with E-state index in [0.29, 0.717) is 16.1 Å². The molecule has 1 atom stereocenters. The first kappa shape index (κ1) is 19.7. The first-order valence-electron chi connectivity index (χ1n) is 8.20. The number of amides is 1. The SMILES string of the molecule is CC(C)C(NC(=O)c1ccccc1)C(=O)OCC(=O)c1ccc(Cl)cc1. The molecule has 0 spiro atoms. The third kappa shape index (κ3) is 5.43. The highest BCUT2D eigenvalue weighted by atomic mass is 35.5. The molecule has 2 rings (SSSR count). The molecule has 2 aromatic rings. The average molecular weight is 374 g/mol. The molecule has 1 amide bonds. The summed E-state index contributed by atoms with van der Waals surface area (Å²) in [4.78, 5) is 36.7. The third-order valence-electron chi connectivity index (χ3n) is 3.75. The number of halogens is 1. The fourth-order valence-corrected chi connectivity index (χ4v) is 2.38. The van der Waals surface area contributed by atoms with E-state index >= 15 is 0 Å². The fraction of sp³-hybridized carbons (Fsp3) is 0.250. The molecule has 136 valence electrons. The zero-order chi connectivity index (χ0) is 19.1. The van der Waals surface area contributed by atoms with Crippen LogP contribution < -0.4 is 5.32 Å². The molecule has 0 aromatic heterocycles. The van der Waals surface area contributed by atoms with Crippen LogP contribution in [-0.2, 0) is 9.53 Å². The number of carbonyl (C=O) groups is 3. The molecule has 0 fully saturated rings. The van der Waals surface area contributed by atoms with Gasteiger partial charge in [0, 0.05) is 16.1 Å². The van der Waals surface area contributed by atoms with Gasteiger partial charge in [-0.05, 0) is 42.3 Å². The number of nitrogens with one attached hydrogen (secondary N) is 1. The summed E-state index contributed by atoms with van der Waals surface area (Å²) in [6.45, 7) is 3.18. The van der Waals surface area contributed by atoms with Crippen LogP contribution in [0, 0.1) is 5.92 Å². The summed E-state index contributed by atoms with van der Waals surface area (Å²) in [5.74, 6) is -1.55. The molecule has 0 aliphatic rings. The van der Waals surface area contributed by atoms with Gasteiger partial charge in [-0.15, -0.1) is 0 Å². The maximum absolute atomic E-state index is 12.3. The van der Waals surface area contributed by atoms with E-state index in [1.807, 2.05) is 0 Å². The van der Waals surface area contributed by atoms with Crippen molar-refractivity contribution in [2.75, 3.05) is 6.61 Å². The van der Waals surface area contributed by atoms with Crippen LogP contribution >= 0.6 is 11.6 Å². The van der Waals surface area contributed by atoms with Crippen LogP contribution in [0.1, 0.15) is 34.6 Å². The lowest BCUT2D eigenvalue weighted by Gasteiger charge is -2.20.